The van der Waals surface area contributed by atoms with E-state index in [0.717, 1.165) is 53.0 Å². The molecule has 78 heavy (non-hydrogen) atoms. The second kappa shape index (κ2) is 21.4. The fourth-order valence-electron chi connectivity index (χ4n) is 14.1. The molecule has 3 saturated heterocycles. The number of nitrogens with one attached hydrogen (secondary N) is 3. The van der Waals surface area contributed by atoms with E-state index in [9.17, 15) is 58.5 Å². The third-order valence-electron chi connectivity index (χ3n) is 17.9. The minimum Gasteiger partial charge on any atom is -0.481 e. The van der Waals surface area contributed by atoms with Crippen LogP contribution in [0.4, 0.5) is 10.5 Å². The fourth-order valence-corrected chi connectivity index (χ4v) is 14.1. The van der Waals surface area contributed by atoms with E-state index in [2.05, 4.69) is 22.9 Å². The molecule has 414 valence electrons. The Morgan fingerprint density at radius 2 is 1.62 bits per heavy atom. The molecule has 0 bridgehead atoms. The molecule has 1 unspecified atom stereocenters. The SMILES string of the molecule is C[C@]12C=CC(=O)C=C1CC[C@@H]1[C@@H]2[C@@H](O)C[C@@]2(C)[C@H]1C[C@H]1O[C@@H](c3ccc(CC4CC5(CO4)CN(C(=O)OCc4ccc(NC(=O)[C@H](CCC(=O)O)NC(=O)CNC(=O)CCN6C(=O)C=CC6=O)cc4)C5)cc3)O[C@]12C(=O)CO. The lowest BCUT2D eigenvalue weighted by Crippen LogP contribution is -2.63. The van der Waals surface area contributed by atoms with Gasteiger partial charge in [0.2, 0.25) is 17.7 Å². The predicted octanol–water partition coefficient (Wildman–Crippen LogP) is 2.98. The Morgan fingerprint density at radius 3 is 2.32 bits per heavy atom. The van der Waals surface area contributed by atoms with Crippen LogP contribution in [0, 0.1) is 34.0 Å². The smallest absolute Gasteiger partial charge is 0.410 e. The molecule has 6 fully saturated rings. The van der Waals surface area contributed by atoms with Crippen molar-refractivity contribution in [1.29, 1.82) is 0 Å². The van der Waals surface area contributed by atoms with Gasteiger partial charge in [0.15, 0.2) is 23.5 Å². The van der Waals surface area contributed by atoms with Gasteiger partial charge in [0, 0.05) is 78.0 Å². The van der Waals surface area contributed by atoms with E-state index in [4.69, 9.17) is 18.9 Å². The summed E-state index contributed by atoms with van der Waals surface area (Å²) in [6, 6.07) is 13.0. The van der Waals surface area contributed by atoms with Gasteiger partial charge in [-0.1, -0.05) is 61.9 Å². The normalized spacial score (nSPS) is 31.4. The van der Waals surface area contributed by atoms with Crippen LogP contribution in [0.25, 0.3) is 0 Å². The second-order valence-electron chi connectivity index (χ2n) is 22.8. The first-order valence-corrected chi connectivity index (χ1v) is 26.7. The van der Waals surface area contributed by atoms with Crippen molar-refractivity contribution < 1.29 is 77.4 Å². The van der Waals surface area contributed by atoms with Gasteiger partial charge < -0.3 is 55.1 Å². The number of fused-ring (bicyclic) bond motifs is 7. The maximum atomic E-state index is 14.0. The molecule has 4 heterocycles. The van der Waals surface area contributed by atoms with Crippen molar-refractivity contribution in [1.82, 2.24) is 20.4 Å². The summed E-state index contributed by atoms with van der Waals surface area (Å²) in [5, 5.41) is 39.0. The number of carboxylic acids is 1. The predicted molar refractivity (Wildman–Crippen MR) is 273 cm³/mol. The van der Waals surface area contributed by atoms with Crippen LogP contribution >= 0.6 is 0 Å². The van der Waals surface area contributed by atoms with E-state index in [1.165, 1.54) is 0 Å². The van der Waals surface area contributed by atoms with E-state index in [-0.39, 0.29) is 61.0 Å². The van der Waals surface area contributed by atoms with E-state index in [1.807, 2.05) is 37.3 Å². The van der Waals surface area contributed by atoms with Gasteiger partial charge in [-0.25, -0.2) is 4.79 Å². The molecule has 0 radical (unpaired) electrons. The van der Waals surface area contributed by atoms with Crippen molar-refractivity contribution in [2.24, 2.45) is 34.0 Å². The first-order chi connectivity index (χ1) is 37.2. The Balaban J connectivity index is 0.664. The minimum absolute atomic E-state index is 0.0104. The lowest BCUT2D eigenvalue weighted by molar-refractivity contribution is -0.201. The maximum absolute atomic E-state index is 14.0. The number of Topliss-reactive ketones (excluding diaryl/α,β-unsaturated/α-hetero) is 1. The molecule has 11 atom stereocenters. The van der Waals surface area contributed by atoms with Gasteiger partial charge in [-0.15, -0.1) is 0 Å². The van der Waals surface area contributed by atoms with Crippen molar-refractivity contribution >= 4 is 58.9 Å². The van der Waals surface area contributed by atoms with E-state index >= 15 is 0 Å². The Morgan fingerprint density at radius 1 is 0.897 bits per heavy atom. The number of hydrogen-bond acceptors (Lipinski definition) is 15. The Kier molecular flexibility index (Phi) is 14.9. The average Bonchev–Trinajstić information content (AvgIpc) is 4.20. The lowest BCUT2D eigenvalue weighted by Gasteiger charge is -2.59. The number of anilines is 1. The van der Waals surface area contributed by atoms with Crippen LogP contribution in [-0.4, -0.2) is 148 Å². The highest BCUT2D eigenvalue weighted by Gasteiger charge is 2.76. The molecular weight excluding hydrogens is 1010 g/mol. The molecule has 3 saturated carbocycles. The lowest BCUT2D eigenvalue weighted by atomic mass is 9.46. The molecule has 0 aromatic heterocycles. The molecule has 2 aromatic carbocycles. The van der Waals surface area contributed by atoms with E-state index < -0.39 is 108 Å². The monoisotopic (exact) mass is 1080 g/mol. The molecule has 6 amide bonds. The number of amides is 6. The molecular formula is C57H65N5O16. The zero-order valence-corrected chi connectivity index (χ0v) is 43.5. The molecule has 6 N–H and O–H groups in total. The Bertz CT molecular complexity index is 2860. The van der Waals surface area contributed by atoms with Crippen LogP contribution in [-0.2, 0) is 70.3 Å². The largest absolute Gasteiger partial charge is 0.481 e. The topological polar surface area (TPSA) is 294 Å². The standard InChI is InChI=1S/C57H65N5O16/c1-54-19-17-37(64)22-35(54)9-12-39-40-23-44-57(43(66)27-63,55(40,2)25-42(65)50(39)54)78-52(77-44)34-7-3-32(4-8-34)21-38-24-56(31-76-38)29-61(30-56)53(74)75-28-33-5-10-36(11-6-33)59-51(73)41(13-16-49(71)72)60-46(68)26-58-45(67)18-20-62-47(69)14-15-48(62)70/h3-8,10-11,14-15,17,19,22,38-42,44,50,52,63,65H,9,12-13,16,18,20-21,23-31H2,1-2H3,(H,58,67)(H,59,73)(H,60,68)(H,71,72)/t38?,39-,40-,41-,42-,44+,50+,52+,54-,55-,57+/m0/s1. The Labute approximate surface area is 449 Å². The van der Waals surface area contributed by atoms with E-state index in [1.54, 1.807) is 41.3 Å². The van der Waals surface area contributed by atoms with Gasteiger partial charge in [0.05, 0.1) is 31.5 Å². The molecule has 10 rings (SSSR count). The quantitative estimate of drug-likeness (QED) is 0.117. The van der Waals surface area contributed by atoms with Gasteiger partial charge in [0.25, 0.3) is 11.8 Å². The fraction of sp³-hybridized carbons (Fsp3) is 0.526. The molecule has 21 nitrogen and oxygen atoms in total. The molecule has 4 aliphatic carbocycles. The summed E-state index contributed by atoms with van der Waals surface area (Å²) in [6.45, 7) is 4.08. The number of aliphatic hydroxyl groups is 2. The van der Waals surface area contributed by atoms with Crippen LogP contribution < -0.4 is 16.0 Å². The zero-order chi connectivity index (χ0) is 55.3. The molecule has 1 spiro atoms. The number of aliphatic carboxylic acids is 1. The average molecular weight is 1080 g/mol. The zero-order valence-electron chi connectivity index (χ0n) is 43.5. The number of rotatable bonds is 18. The number of nitrogens with zero attached hydrogens (tertiary/aromatic N) is 2. The van der Waals surface area contributed by atoms with E-state index in [0.29, 0.717) is 50.2 Å². The summed E-state index contributed by atoms with van der Waals surface area (Å²) in [5.74, 6) is -4.93. The first-order valence-electron chi connectivity index (χ1n) is 26.7. The van der Waals surface area contributed by atoms with Gasteiger partial charge in [-0.2, -0.15) is 0 Å². The van der Waals surface area contributed by atoms with Crippen LogP contribution in [0.15, 0.2) is 84.5 Å². The van der Waals surface area contributed by atoms with Crippen LogP contribution in [0.3, 0.4) is 0 Å². The number of ketones is 2. The van der Waals surface area contributed by atoms with Gasteiger partial charge in [-0.05, 0) is 92.2 Å². The van der Waals surface area contributed by atoms with Crippen molar-refractivity contribution in [3.8, 4) is 0 Å². The number of hydrogen-bond donors (Lipinski definition) is 6. The highest BCUT2D eigenvalue weighted by Crippen LogP contribution is 2.70. The van der Waals surface area contributed by atoms with Gasteiger partial charge in [-0.3, -0.25) is 43.3 Å². The number of carbonyl (C=O) groups is 9. The minimum atomic E-state index is -1.45. The number of likely N-dealkylation sites (tertiary alicyclic amines) is 1. The molecule has 4 aliphatic heterocycles. The summed E-state index contributed by atoms with van der Waals surface area (Å²) in [4.78, 5) is 115. The summed E-state index contributed by atoms with van der Waals surface area (Å²) in [5.41, 5.74) is 0.849. The molecule has 8 aliphatic rings. The van der Waals surface area contributed by atoms with Crippen molar-refractivity contribution in [2.45, 2.75) is 114 Å². The second-order valence-corrected chi connectivity index (χ2v) is 22.8. The summed E-state index contributed by atoms with van der Waals surface area (Å²) in [6.07, 6.45) is 7.46. The van der Waals surface area contributed by atoms with Crippen LogP contribution in [0.1, 0.15) is 88.2 Å². The number of imide groups is 1. The number of carbonyl (C=O) groups excluding carboxylic acids is 8. The highest BCUT2D eigenvalue weighted by molar-refractivity contribution is 6.13. The Hall–Kier alpha value is -6.91. The van der Waals surface area contributed by atoms with Crippen molar-refractivity contribution in [2.75, 3.05) is 44.7 Å². The molecule has 2 aromatic rings. The van der Waals surface area contributed by atoms with Crippen molar-refractivity contribution in [3.05, 3.63) is 101 Å². The molecule has 21 heteroatoms. The number of ether oxygens (including phenoxy) is 4. The number of carboxylic acid groups (broad SMARTS) is 1. The maximum Gasteiger partial charge on any atom is 0.410 e. The summed E-state index contributed by atoms with van der Waals surface area (Å²) < 4.78 is 25.3. The van der Waals surface area contributed by atoms with Crippen LogP contribution in [0.5, 0.6) is 0 Å². The highest BCUT2D eigenvalue weighted by atomic mass is 16.7. The van der Waals surface area contributed by atoms with Gasteiger partial charge in [0.1, 0.15) is 19.3 Å². The number of benzene rings is 2. The summed E-state index contributed by atoms with van der Waals surface area (Å²) >= 11 is 0. The van der Waals surface area contributed by atoms with Crippen LogP contribution in [0.2, 0.25) is 0 Å². The van der Waals surface area contributed by atoms with Gasteiger partial charge >= 0.3 is 12.1 Å². The number of aliphatic hydroxyl groups excluding tert-OH is 2. The summed E-state index contributed by atoms with van der Waals surface area (Å²) in [7, 11) is 0. The first kappa shape index (κ1) is 54.4. The van der Waals surface area contributed by atoms with Crippen molar-refractivity contribution in [3.63, 3.8) is 0 Å². The number of allylic oxidation sites excluding steroid dienone is 4. The third kappa shape index (κ3) is 10.2. The third-order valence-corrected chi connectivity index (χ3v) is 17.9.